The molecule has 1 fully saturated rings. The summed E-state index contributed by atoms with van der Waals surface area (Å²) in [4.78, 5) is 17.7. The molecular formula is C20H20FN3O2S2. The Morgan fingerprint density at radius 2 is 1.93 bits per heavy atom. The SMILES string of the molecule is Cc1ccc2nc(NC(=O)C3CCN(S(=O)c4ccc(F)cc4)CC3)sc2c1. The number of amides is 1. The van der Waals surface area contributed by atoms with Gasteiger partial charge in [0.1, 0.15) is 16.8 Å². The summed E-state index contributed by atoms with van der Waals surface area (Å²) in [5, 5.41) is 3.55. The van der Waals surface area contributed by atoms with Crippen LogP contribution in [0.3, 0.4) is 0 Å². The Bertz CT molecular complexity index is 1030. The lowest BCUT2D eigenvalue weighted by molar-refractivity contribution is -0.120. The fourth-order valence-electron chi connectivity index (χ4n) is 3.28. The first kappa shape index (κ1) is 19.2. The fourth-order valence-corrected chi connectivity index (χ4v) is 5.45. The quantitative estimate of drug-likeness (QED) is 0.695. The van der Waals surface area contributed by atoms with Gasteiger partial charge >= 0.3 is 0 Å². The van der Waals surface area contributed by atoms with Gasteiger partial charge in [-0.1, -0.05) is 17.4 Å². The molecule has 1 N–H and O–H groups in total. The number of fused-ring (bicyclic) bond motifs is 1. The summed E-state index contributed by atoms with van der Waals surface area (Å²) in [6.45, 7) is 3.14. The summed E-state index contributed by atoms with van der Waals surface area (Å²) >= 11 is 1.47. The number of aryl methyl sites for hydroxylation is 1. The highest BCUT2D eigenvalue weighted by Crippen LogP contribution is 2.28. The van der Waals surface area contributed by atoms with E-state index in [4.69, 9.17) is 0 Å². The summed E-state index contributed by atoms with van der Waals surface area (Å²) in [7, 11) is -1.33. The number of carbonyl (C=O) groups is 1. The summed E-state index contributed by atoms with van der Waals surface area (Å²) in [5.41, 5.74) is 2.05. The molecule has 0 radical (unpaired) electrons. The Balaban J connectivity index is 1.35. The van der Waals surface area contributed by atoms with Crippen LogP contribution < -0.4 is 5.32 Å². The molecule has 146 valence electrons. The van der Waals surface area contributed by atoms with E-state index in [1.54, 1.807) is 12.1 Å². The van der Waals surface area contributed by atoms with Crippen molar-refractivity contribution in [3.63, 3.8) is 0 Å². The number of rotatable bonds is 4. The molecule has 0 spiro atoms. The van der Waals surface area contributed by atoms with Crippen LogP contribution in [0.25, 0.3) is 10.2 Å². The normalized spacial score (nSPS) is 16.9. The zero-order chi connectivity index (χ0) is 19.7. The van der Waals surface area contributed by atoms with E-state index in [9.17, 15) is 13.4 Å². The molecule has 1 saturated heterocycles. The molecule has 1 aromatic heterocycles. The van der Waals surface area contributed by atoms with Crippen molar-refractivity contribution in [2.45, 2.75) is 24.7 Å². The molecule has 5 nitrogen and oxygen atoms in total. The third-order valence-electron chi connectivity index (χ3n) is 4.85. The molecule has 3 aromatic rings. The molecule has 1 aliphatic rings. The number of hydrogen-bond donors (Lipinski definition) is 1. The summed E-state index contributed by atoms with van der Waals surface area (Å²) in [6.07, 6.45) is 1.26. The van der Waals surface area contributed by atoms with Crippen molar-refractivity contribution in [1.82, 2.24) is 9.29 Å². The van der Waals surface area contributed by atoms with E-state index in [-0.39, 0.29) is 17.6 Å². The van der Waals surface area contributed by atoms with Crippen LogP contribution in [0.1, 0.15) is 18.4 Å². The highest BCUT2D eigenvalue weighted by molar-refractivity contribution is 7.82. The standard InChI is InChI=1S/C20H20FN3O2S2/c1-13-2-7-17-18(12-13)27-20(22-17)23-19(25)14-8-10-24(11-9-14)28(26)16-5-3-15(21)4-6-16/h2-7,12,14H,8-11H2,1H3,(H,22,23,25). The Morgan fingerprint density at radius 3 is 2.64 bits per heavy atom. The van der Waals surface area contributed by atoms with E-state index in [1.165, 1.54) is 23.5 Å². The molecule has 1 unspecified atom stereocenters. The number of carbonyl (C=O) groups excluding carboxylic acids is 1. The molecule has 1 amide bonds. The number of hydrogen-bond acceptors (Lipinski definition) is 4. The second kappa shape index (κ2) is 8.06. The minimum absolute atomic E-state index is 0.0389. The largest absolute Gasteiger partial charge is 0.302 e. The molecular weight excluding hydrogens is 397 g/mol. The second-order valence-electron chi connectivity index (χ2n) is 6.89. The van der Waals surface area contributed by atoms with Gasteiger partial charge in [0.15, 0.2) is 5.13 Å². The van der Waals surface area contributed by atoms with Gasteiger partial charge in [0.2, 0.25) is 5.91 Å². The van der Waals surface area contributed by atoms with Crippen molar-refractivity contribution < 1.29 is 13.4 Å². The van der Waals surface area contributed by atoms with Gasteiger partial charge in [-0.15, -0.1) is 0 Å². The third kappa shape index (κ3) is 4.14. The second-order valence-corrected chi connectivity index (χ2v) is 9.40. The van der Waals surface area contributed by atoms with E-state index < -0.39 is 11.0 Å². The highest BCUT2D eigenvalue weighted by atomic mass is 32.2. The van der Waals surface area contributed by atoms with Crippen molar-refractivity contribution in [2.75, 3.05) is 18.4 Å². The van der Waals surface area contributed by atoms with E-state index in [0.29, 0.717) is 36.0 Å². The number of nitrogens with zero attached hydrogens (tertiary/aromatic N) is 2. The minimum atomic E-state index is -1.33. The number of anilines is 1. The number of benzene rings is 2. The van der Waals surface area contributed by atoms with Crippen molar-refractivity contribution in [2.24, 2.45) is 5.92 Å². The average Bonchev–Trinajstić information content (AvgIpc) is 3.09. The molecule has 0 bridgehead atoms. The van der Waals surface area contributed by atoms with Crippen LogP contribution in [-0.4, -0.2) is 32.5 Å². The maximum atomic E-state index is 13.0. The summed E-state index contributed by atoms with van der Waals surface area (Å²) in [6, 6.07) is 11.7. The van der Waals surface area contributed by atoms with E-state index in [0.717, 1.165) is 15.8 Å². The monoisotopic (exact) mass is 417 g/mol. The molecule has 28 heavy (non-hydrogen) atoms. The van der Waals surface area contributed by atoms with Gasteiger partial charge in [-0.05, 0) is 61.7 Å². The van der Waals surface area contributed by atoms with Crippen LogP contribution >= 0.6 is 11.3 Å². The van der Waals surface area contributed by atoms with E-state index in [2.05, 4.69) is 16.4 Å². The van der Waals surface area contributed by atoms with Crippen LogP contribution in [-0.2, 0) is 15.8 Å². The van der Waals surface area contributed by atoms with Gasteiger partial charge in [0.25, 0.3) is 0 Å². The van der Waals surface area contributed by atoms with Crippen LogP contribution in [0.2, 0.25) is 0 Å². The van der Waals surface area contributed by atoms with Gasteiger partial charge in [-0.2, -0.15) is 0 Å². The topological polar surface area (TPSA) is 62.3 Å². The number of halogens is 1. The van der Waals surface area contributed by atoms with Gasteiger partial charge < -0.3 is 5.32 Å². The maximum absolute atomic E-state index is 13.0. The molecule has 2 heterocycles. The van der Waals surface area contributed by atoms with Crippen LogP contribution in [0.4, 0.5) is 9.52 Å². The van der Waals surface area contributed by atoms with Gasteiger partial charge in [0.05, 0.1) is 15.1 Å². The zero-order valence-electron chi connectivity index (χ0n) is 15.4. The van der Waals surface area contributed by atoms with E-state index >= 15 is 0 Å². The molecule has 1 aliphatic heterocycles. The smallest absolute Gasteiger partial charge is 0.229 e. The first-order valence-electron chi connectivity index (χ1n) is 9.10. The van der Waals surface area contributed by atoms with Crippen LogP contribution in [0.15, 0.2) is 47.4 Å². The van der Waals surface area contributed by atoms with Crippen molar-refractivity contribution in [3.05, 3.63) is 53.8 Å². The summed E-state index contributed by atoms with van der Waals surface area (Å²) < 4.78 is 28.5. The number of thiazole rings is 1. The Hall–Kier alpha value is -2.16. The maximum Gasteiger partial charge on any atom is 0.229 e. The molecule has 4 rings (SSSR count). The lowest BCUT2D eigenvalue weighted by atomic mass is 9.97. The average molecular weight is 418 g/mol. The summed E-state index contributed by atoms with van der Waals surface area (Å²) in [5.74, 6) is -0.514. The Labute approximate surface area is 169 Å². The minimum Gasteiger partial charge on any atom is -0.302 e. The molecule has 8 heteroatoms. The number of nitrogens with one attached hydrogen (secondary N) is 1. The molecule has 2 aromatic carbocycles. The van der Waals surface area contributed by atoms with Gasteiger partial charge in [0, 0.05) is 19.0 Å². The number of piperidine rings is 1. The lowest BCUT2D eigenvalue weighted by Crippen LogP contribution is -2.39. The zero-order valence-corrected chi connectivity index (χ0v) is 17.0. The highest BCUT2D eigenvalue weighted by Gasteiger charge is 2.28. The predicted molar refractivity (Wildman–Crippen MR) is 110 cm³/mol. The first-order chi connectivity index (χ1) is 13.5. The van der Waals surface area contributed by atoms with Crippen molar-refractivity contribution in [1.29, 1.82) is 0 Å². The lowest BCUT2D eigenvalue weighted by Gasteiger charge is -2.29. The molecule has 0 aliphatic carbocycles. The fraction of sp³-hybridized carbons (Fsp3) is 0.300. The van der Waals surface area contributed by atoms with Crippen molar-refractivity contribution >= 4 is 43.6 Å². The van der Waals surface area contributed by atoms with Gasteiger partial charge in [-0.25, -0.2) is 17.9 Å². The Morgan fingerprint density at radius 1 is 1.21 bits per heavy atom. The van der Waals surface area contributed by atoms with Gasteiger partial charge in [-0.3, -0.25) is 4.79 Å². The Kier molecular flexibility index (Phi) is 5.52. The van der Waals surface area contributed by atoms with Crippen molar-refractivity contribution in [3.8, 4) is 0 Å². The predicted octanol–water partition coefficient (Wildman–Crippen LogP) is 4.12. The van der Waals surface area contributed by atoms with Crippen LogP contribution in [0, 0.1) is 18.7 Å². The molecule has 1 atom stereocenters. The first-order valence-corrected chi connectivity index (χ1v) is 11.0. The third-order valence-corrected chi connectivity index (χ3v) is 7.29. The van der Waals surface area contributed by atoms with Crippen LogP contribution in [0.5, 0.6) is 0 Å². The molecule has 0 saturated carbocycles. The number of aromatic nitrogens is 1. The van der Waals surface area contributed by atoms with E-state index in [1.807, 2.05) is 23.4 Å².